The van der Waals surface area contributed by atoms with Crippen LogP contribution in [0, 0.1) is 0 Å². The smallest absolute Gasteiger partial charge is 0.244 e. The maximum absolute atomic E-state index is 11.9. The van der Waals surface area contributed by atoms with Crippen molar-refractivity contribution in [2.24, 2.45) is 0 Å². The zero-order valence-corrected chi connectivity index (χ0v) is 12.9. The van der Waals surface area contributed by atoms with Gasteiger partial charge in [-0.3, -0.25) is 4.79 Å². The summed E-state index contributed by atoms with van der Waals surface area (Å²) in [6.07, 6.45) is 3.03. The van der Waals surface area contributed by atoms with E-state index in [4.69, 9.17) is 4.42 Å². The van der Waals surface area contributed by atoms with Gasteiger partial charge in [0.25, 0.3) is 0 Å². The fourth-order valence-corrected chi connectivity index (χ4v) is 2.32. The predicted octanol–water partition coefficient (Wildman–Crippen LogP) is 3.76. The molecule has 3 aromatic rings. The number of oxazole rings is 1. The van der Waals surface area contributed by atoms with Crippen LogP contribution in [0.4, 0.5) is 0 Å². The number of nitrogens with one attached hydrogen (secondary N) is 1. The average molecular weight is 306 g/mol. The highest BCUT2D eigenvalue weighted by atomic mass is 16.3. The third-order valence-corrected chi connectivity index (χ3v) is 3.64. The van der Waals surface area contributed by atoms with Crippen molar-refractivity contribution in [1.29, 1.82) is 0 Å². The number of fused-ring (bicyclic) bond motifs is 1. The van der Waals surface area contributed by atoms with Gasteiger partial charge >= 0.3 is 0 Å². The fourth-order valence-electron chi connectivity index (χ4n) is 2.32. The van der Waals surface area contributed by atoms with Gasteiger partial charge in [0.05, 0.1) is 0 Å². The predicted molar refractivity (Wildman–Crippen MR) is 90.9 cm³/mol. The first-order chi connectivity index (χ1) is 11.2. The number of amides is 1. The molecule has 0 saturated carbocycles. The van der Waals surface area contributed by atoms with Crippen LogP contribution in [0.3, 0.4) is 0 Å². The Morgan fingerprint density at radius 2 is 1.91 bits per heavy atom. The molecule has 0 fully saturated rings. The second kappa shape index (κ2) is 6.92. The van der Waals surface area contributed by atoms with Crippen molar-refractivity contribution in [3.63, 3.8) is 0 Å². The molecule has 0 saturated heterocycles. The molecular formula is C19H18N2O2. The van der Waals surface area contributed by atoms with Crippen LogP contribution < -0.4 is 5.32 Å². The van der Waals surface area contributed by atoms with E-state index in [0.717, 1.165) is 5.52 Å². The zero-order chi connectivity index (χ0) is 16.1. The van der Waals surface area contributed by atoms with E-state index >= 15 is 0 Å². The maximum Gasteiger partial charge on any atom is 0.244 e. The number of hydrogen-bond donors (Lipinski definition) is 1. The van der Waals surface area contributed by atoms with E-state index in [1.807, 2.05) is 42.5 Å². The van der Waals surface area contributed by atoms with E-state index in [2.05, 4.69) is 29.4 Å². The lowest BCUT2D eigenvalue weighted by atomic mass is 10.0. The Morgan fingerprint density at radius 3 is 2.70 bits per heavy atom. The van der Waals surface area contributed by atoms with Gasteiger partial charge in [-0.25, -0.2) is 4.98 Å². The SMILES string of the molecule is CC(CNC(=O)/C=C/c1nc2ccccc2o1)c1ccccc1. The van der Waals surface area contributed by atoms with E-state index in [0.29, 0.717) is 18.0 Å². The summed E-state index contributed by atoms with van der Waals surface area (Å²) >= 11 is 0. The zero-order valence-electron chi connectivity index (χ0n) is 12.9. The molecule has 3 rings (SSSR count). The van der Waals surface area contributed by atoms with Crippen LogP contribution in [0.15, 0.2) is 65.1 Å². The van der Waals surface area contributed by atoms with Crippen LogP contribution in [0.1, 0.15) is 24.3 Å². The number of carbonyl (C=O) groups is 1. The van der Waals surface area contributed by atoms with Crippen molar-refractivity contribution in [3.8, 4) is 0 Å². The lowest BCUT2D eigenvalue weighted by Gasteiger charge is -2.11. The van der Waals surface area contributed by atoms with E-state index in [1.54, 1.807) is 6.08 Å². The number of para-hydroxylation sites is 2. The molecule has 1 atom stereocenters. The van der Waals surface area contributed by atoms with Gasteiger partial charge in [-0.05, 0) is 23.6 Å². The second-order valence-corrected chi connectivity index (χ2v) is 5.41. The molecule has 0 aliphatic heterocycles. The highest BCUT2D eigenvalue weighted by molar-refractivity contribution is 5.91. The summed E-state index contributed by atoms with van der Waals surface area (Å²) in [6, 6.07) is 17.6. The molecule has 2 aromatic carbocycles. The van der Waals surface area contributed by atoms with E-state index in [1.165, 1.54) is 11.6 Å². The summed E-state index contributed by atoms with van der Waals surface area (Å²) in [5.74, 6) is 0.533. The van der Waals surface area contributed by atoms with Crippen LogP contribution in [0.5, 0.6) is 0 Å². The summed E-state index contributed by atoms with van der Waals surface area (Å²) in [5.41, 5.74) is 2.70. The Balaban J connectivity index is 1.56. The van der Waals surface area contributed by atoms with Crippen molar-refractivity contribution in [1.82, 2.24) is 10.3 Å². The molecular weight excluding hydrogens is 288 g/mol. The number of nitrogens with zero attached hydrogens (tertiary/aromatic N) is 1. The Morgan fingerprint density at radius 1 is 1.17 bits per heavy atom. The van der Waals surface area contributed by atoms with E-state index in [-0.39, 0.29) is 11.8 Å². The van der Waals surface area contributed by atoms with Crippen molar-refractivity contribution in [2.45, 2.75) is 12.8 Å². The molecule has 23 heavy (non-hydrogen) atoms. The van der Waals surface area contributed by atoms with Crippen LogP contribution in [-0.2, 0) is 4.79 Å². The highest BCUT2D eigenvalue weighted by Crippen LogP contribution is 2.15. The van der Waals surface area contributed by atoms with Crippen LogP contribution in [0.2, 0.25) is 0 Å². The Hall–Kier alpha value is -2.88. The van der Waals surface area contributed by atoms with Crippen LogP contribution in [-0.4, -0.2) is 17.4 Å². The first kappa shape index (κ1) is 15.0. The van der Waals surface area contributed by atoms with Gasteiger partial charge in [0.1, 0.15) is 5.52 Å². The molecule has 1 amide bonds. The van der Waals surface area contributed by atoms with Gasteiger partial charge in [0.15, 0.2) is 5.58 Å². The highest BCUT2D eigenvalue weighted by Gasteiger charge is 2.06. The third-order valence-electron chi connectivity index (χ3n) is 3.64. The molecule has 0 bridgehead atoms. The maximum atomic E-state index is 11.9. The number of hydrogen-bond acceptors (Lipinski definition) is 3. The summed E-state index contributed by atoms with van der Waals surface area (Å²) in [6.45, 7) is 2.67. The van der Waals surface area contributed by atoms with E-state index in [9.17, 15) is 4.79 Å². The van der Waals surface area contributed by atoms with Gasteiger partial charge in [0, 0.05) is 18.7 Å². The average Bonchev–Trinajstić information content (AvgIpc) is 3.01. The minimum atomic E-state index is -0.157. The summed E-state index contributed by atoms with van der Waals surface area (Å²) < 4.78 is 5.54. The minimum absolute atomic E-state index is 0.157. The lowest BCUT2D eigenvalue weighted by molar-refractivity contribution is -0.116. The monoisotopic (exact) mass is 306 g/mol. The lowest BCUT2D eigenvalue weighted by Crippen LogP contribution is -2.25. The topological polar surface area (TPSA) is 55.1 Å². The van der Waals surface area contributed by atoms with Gasteiger partial charge in [-0.1, -0.05) is 49.4 Å². The Bertz CT molecular complexity index is 789. The van der Waals surface area contributed by atoms with Gasteiger partial charge in [-0.2, -0.15) is 0 Å². The normalized spacial score (nSPS) is 12.6. The molecule has 1 unspecified atom stereocenters. The van der Waals surface area contributed by atoms with Crippen molar-refractivity contribution >= 4 is 23.1 Å². The van der Waals surface area contributed by atoms with Gasteiger partial charge in [-0.15, -0.1) is 0 Å². The standard InChI is InChI=1S/C19H18N2O2/c1-14(15-7-3-2-4-8-15)13-20-18(22)11-12-19-21-16-9-5-6-10-17(16)23-19/h2-12,14H,13H2,1H3,(H,20,22)/b12-11+. The fraction of sp³-hybridized carbons (Fsp3) is 0.158. The number of carbonyl (C=O) groups excluding carboxylic acids is 1. The minimum Gasteiger partial charge on any atom is -0.437 e. The summed E-state index contributed by atoms with van der Waals surface area (Å²) in [7, 11) is 0. The van der Waals surface area contributed by atoms with Crippen molar-refractivity contribution < 1.29 is 9.21 Å². The van der Waals surface area contributed by atoms with Crippen molar-refractivity contribution in [2.75, 3.05) is 6.54 Å². The number of aromatic nitrogens is 1. The van der Waals surface area contributed by atoms with Crippen molar-refractivity contribution in [3.05, 3.63) is 72.1 Å². The molecule has 1 N–H and O–H groups in total. The molecule has 0 aliphatic carbocycles. The summed E-state index contributed by atoms with van der Waals surface area (Å²) in [5, 5.41) is 2.89. The number of benzene rings is 2. The molecule has 4 heteroatoms. The van der Waals surface area contributed by atoms with Crippen LogP contribution in [0.25, 0.3) is 17.2 Å². The molecule has 0 spiro atoms. The van der Waals surface area contributed by atoms with Crippen LogP contribution >= 0.6 is 0 Å². The van der Waals surface area contributed by atoms with E-state index < -0.39 is 0 Å². The number of rotatable bonds is 5. The first-order valence-electron chi connectivity index (χ1n) is 7.59. The van der Waals surface area contributed by atoms with Gasteiger partial charge < -0.3 is 9.73 Å². The molecule has 0 aliphatic rings. The Kier molecular flexibility index (Phi) is 4.52. The third kappa shape index (κ3) is 3.86. The molecule has 1 aromatic heterocycles. The van der Waals surface area contributed by atoms with Gasteiger partial charge in [0.2, 0.25) is 11.8 Å². The molecule has 1 heterocycles. The molecule has 0 radical (unpaired) electrons. The second-order valence-electron chi connectivity index (χ2n) is 5.41. The summed E-state index contributed by atoms with van der Waals surface area (Å²) in [4.78, 5) is 16.2. The molecule has 4 nitrogen and oxygen atoms in total. The first-order valence-corrected chi connectivity index (χ1v) is 7.59. The largest absolute Gasteiger partial charge is 0.437 e. The molecule has 116 valence electrons. The quantitative estimate of drug-likeness (QED) is 0.730. The Labute approximate surface area is 134 Å².